The number of benzene rings is 2. The Hall–Kier alpha value is -3.19. The maximum atomic E-state index is 13.2. The molecule has 186 valence electrons. The van der Waals surface area contributed by atoms with E-state index in [0.717, 1.165) is 43.7 Å². The van der Waals surface area contributed by atoms with E-state index >= 15 is 0 Å². The van der Waals surface area contributed by atoms with Crippen molar-refractivity contribution in [3.05, 3.63) is 65.2 Å². The summed E-state index contributed by atoms with van der Waals surface area (Å²) in [5.41, 5.74) is 2.09. The van der Waals surface area contributed by atoms with Gasteiger partial charge in [-0.3, -0.25) is 24.6 Å². The molecule has 3 atom stereocenters. The quantitative estimate of drug-likeness (QED) is 0.658. The Kier molecular flexibility index (Phi) is 5.00. The zero-order valence-corrected chi connectivity index (χ0v) is 20.3. The van der Waals surface area contributed by atoms with Crippen molar-refractivity contribution in [1.29, 1.82) is 0 Å². The van der Waals surface area contributed by atoms with Crippen LogP contribution in [0.15, 0.2) is 48.5 Å². The third kappa shape index (κ3) is 3.32. The summed E-state index contributed by atoms with van der Waals surface area (Å²) < 4.78 is 6.56. The van der Waals surface area contributed by atoms with E-state index in [2.05, 4.69) is 40.5 Å². The molecular weight excluding hydrogens is 454 g/mol. The van der Waals surface area contributed by atoms with Gasteiger partial charge in [0.05, 0.1) is 0 Å². The molecule has 7 nitrogen and oxygen atoms in total. The van der Waals surface area contributed by atoms with Crippen LogP contribution in [-0.2, 0) is 16.1 Å². The minimum Gasteiger partial charge on any atom is -0.489 e. The van der Waals surface area contributed by atoms with Gasteiger partial charge in [0.2, 0.25) is 5.91 Å². The van der Waals surface area contributed by atoms with Gasteiger partial charge in [-0.15, -0.1) is 0 Å². The molecule has 0 spiro atoms. The van der Waals surface area contributed by atoms with Crippen LogP contribution in [0.4, 0.5) is 0 Å². The van der Waals surface area contributed by atoms with Crippen LogP contribution in [0, 0.1) is 5.92 Å². The van der Waals surface area contributed by atoms with Crippen LogP contribution in [0.1, 0.15) is 65.9 Å². The Labute approximate surface area is 210 Å². The van der Waals surface area contributed by atoms with E-state index < -0.39 is 5.54 Å². The zero-order valence-electron chi connectivity index (χ0n) is 20.3. The molecule has 4 aliphatic heterocycles. The number of nitrogens with zero attached hydrogens (tertiary/aromatic N) is 2. The van der Waals surface area contributed by atoms with E-state index in [4.69, 9.17) is 4.74 Å². The smallest absolute Gasteiger partial charge is 0.255 e. The summed E-state index contributed by atoms with van der Waals surface area (Å²) in [6, 6.07) is 17.0. The van der Waals surface area contributed by atoms with Gasteiger partial charge in [0.25, 0.3) is 11.8 Å². The summed E-state index contributed by atoms with van der Waals surface area (Å²) in [5.74, 6) is 0.557. The molecule has 7 heteroatoms. The fraction of sp³-hybridized carbons (Fsp3) is 0.483. The summed E-state index contributed by atoms with van der Waals surface area (Å²) in [6.07, 6.45) is 5.56. The van der Waals surface area contributed by atoms with Crippen LogP contribution in [0.25, 0.3) is 0 Å². The van der Waals surface area contributed by atoms with Crippen molar-refractivity contribution in [3.8, 4) is 5.75 Å². The Balaban J connectivity index is 1.04. The molecule has 5 fully saturated rings. The topological polar surface area (TPSA) is 79.0 Å². The van der Waals surface area contributed by atoms with E-state index in [1.807, 2.05) is 18.2 Å². The summed E-state index contributed by atoms with van der Waals surface area (Å²) in [5, 5.41) is 2.45. The van der Waals surface area contributed by atoms with Crippen LogP contribution in [0.5, 0.6) is 5.75 Å². The van der Waals surface area contributed by atoms with Crippen molar-refractivity contribution in [1.82, 2.24) is 15.1 Å². The first-order valence-corrected chi connectivity index (χ1v) is 13.3. The largest absolute Gasteiger partial charge is 0.489 e. The second-order valence-electron chi connectivity index (χ2n) is 11.2. The first-order chi connectivity index (χ1) is 17.5. The van der Waals surface area contributed by atoms with Crippen molar-refractivity contribution in [3.63, 3.8) is 0 Å². The number of likely N-dealkylation sites (tertiary alicyclic amines) is 1. The minimum absolute atomic E-state index is 0.123. The molecule has 36 heavy (non-hydrogen) atoms. The van der Waals surface area contributed by atoms with E-state index in [0.29, 0.717) is 36.9 Å². The third-order valence-corrected chi connectivity index (χ3v) is 9.26. The molecule has 2 bridgehead atoms. The molecule has 1 N–H and O–H groups in total. The number of rotatable bonds is 5. The SMILES string of the molecule is O=C1NC(=O)C2(N3Cc4cc(O[C@H]5CCC[C@H]5N5CCC(c6ccccc6)C5)ccc4C3=O)CC1C2. The summed E-state index contributed by atoms with van der Waals surface area (Å²) in [6.45, 7) is 2.57. The number of imide groups is 1. The maximum absolute atomic E-state index is 13.2. The number of piperidine rings is 2. The Morgan fingerprint density at radius 2 is 1.78 bits per heavy atom. The zero-order chi connectivity index (χ0) is 24.4. The van der Waals surface area contributed by atoms with Crippen molar-refractivity contribution < 1.29 is 19.1 Å². The summed E-state index contributed by atoms with van der Waals surface area (Å²) >= 11 is 0. The first-order valence-electron chi connectivity index (χ1n) is 13.3. The first kappa shape index (κ1) is 22.0. The Bertz CT molecular complexity index is 1240. The molecule has 2 saturated carbocycles. The highest BCUT2D eigenvalue weighted by molar-refractivity contribution is 6.10. The van der Waals surface area contributed by atoms with Gasteiger partial charge in [-0.2, -0.15) is 0 Å². The van der Waals surface area contributed by atoms with Crippen LogP contribution < -0.4 is 10.1 Å². The highest BCUT2D eigenvalue weighted by Gasteiger charge is 2.63. The predicted octanol–water partition coefficient (Wildman–Crippen LogP) is 3.24. The third-order valence-electron chi connectivity index (χ3n) is 9.26. The lowest BCUT2D eigenvalue weighted by molar-refractivity contribution is -0.160. The molecule has 3 amide bonds. The van der Waals surface area contributed by atoms with Crippen LogP contribution >= 0.6 is 0 Å². The highest BCUT2D eigenvalue weighted by atomic mass is 16.5. The van der Waals surface area contributed by atoms with Gasteiger partial charge in [-0.1, -0.05) is 30.3 Å². The fourth-order valence-corrected chi connectivity index (χ4v) is 7.24. The van der Waals surface area contributed by atoms with Gasteiger partial charge in [-0.05, 0) is 80.3 Å². The van der Waals surface area contributed by atoms with Gasteiger partial charge in [0, 0.05) is 30.6 Å². The Morgan fingerprint density at radius 3 is 2.58 bits per heavy atom. The predicted molar refractivity (Wildman–Crippen MR) is 132 cm³/mol. The normalized spacial score (nSPS) is 33.4. The molecule has 6 aliphatic rings. The Morgan fingerprint density at radius 1 is 0.944 bits per heavy atom. The standard InChI is InChI=1S/C29H31N3O4/c33-26-21-14-29(15-21,28(35)30-26)32-17-20-13-22(9-10-23(20)27(32)34)36-25-8-4-7-24(25)31-12-11-19(16-31)18-5-2-1-3-6-18/h1-3,5-6,9-10,13,19,21,24-25H,4,7-8,11-12,14-17H2,(H,30,33,35)/t19?,21?,24-,25+,29?/m1/s1. The molecular formula is C29H31N3O4. The minimum atomic E-state index is -0.878. The maximum Gasteiger partial charge on any atom is 0.255 e. The van der Waals surface area contributed by atoms with Crippen molar-refractivity contribution in [2.75, 3.05) is 13.1 Å². The molecule has 2 aromatic rings. The monoisotopic (exact) mass is 485 g/mol. The van der Waals surface area contributed by atoms with E-state index in [1.54, 1.807) is 4.90 Å². The van der Waals surface area contributed by atoms with Gasteiger partial charge in [-0.25, -0.2) is 0 Å². The fourth-order valence-electron chi connectivity index (χ4n) is 7.24. The van der Waals surface area contributed by atoms with E-state index in [-0.39, 0.29) is 29.7 Å². The molecule has 2 aromatic carbocycles. The number of carbonyl (C=O) groups excluding carboxylic acids is 3. The number of carbonyl (C=O) groups is 3. The van der Waals surface area contributed by atoms with Crippen LogP contribution in [-0.4, -0.2) is 58.3 Å². The number of fused-ring (bicyclic) bond motifs is 3. The van der Waals surface area contributed by atoms with Crippen molar-refractivity contribution in [2.24, 2.45) is 5.92 Å². The molecule has 3 saturated heterocycles. The van der Waals surface area contributed by atoms with Crippen molar-refractivity contribution >= 4 is 17.7 Å². The van der Waals surface area contributed by atoms with Gasteiger partial charge >= 0.3 is 0 Å². The molecule has 8 rings (SSSR count). The van der Waals surface area contributed by atoms with Crippen molar-refractivity contribution in [2.45, 2.75) is 68.7 Å². The van der Waals surface area contributed by atoms with Gasteiger partial charge < -0.3 is 9.64 Å². The molecule has 0 aromatic heterocycles. The van der Waals surface area contributed by atoms with E-state index in [9.17, 15) is 14.4 Å². The molecule has 4 heterocycles. The van der Waals surface area contributed by atoms with Crippen LogP contribution in [0.2, 0.25) is 0 Å². The van der Waals surface area contributed by atoms with Crippen LogP contribution in [0.3, 0.4) is 0 Å². The van der Waals surface area contributed by atoms with E-state index in [1.165, 1.54) is 12.0 Å². The summed E-state index contributed by atoms with van der Waals surface area (Å²) in [4.78, 5) is 42.0. The van der Waals surface area contributed by atoms with Gasteiger partial charge in [0.15, 0.2) is 0 Å². The lowest BCUT2D eigenvalue weighted by atomic mass is 9.63. The second-order valence-corrected chi connectivity index (χ2v) is 11.2. The number of hydrogen-bond acceptors (Lipinski definition) is 5. The number of amides is 3. The lowest BCUT2D eigenvalue weighted by Crippen LogP contribution is -2.73. The van der Waals surface area contributed by atoms with Gasteiger partial charge in [0.1, 0.15) is 17.4 Å². The average Bonchev–Trinajstić information content (AvgIpc) is 3.58. The number of nitrogens with one attached hydrogen (secondary N) is 1. The number of hydrogen-bond donors (Lipinski definition) is 1. The lowest BCUT2D eigenvalue weighted by Gasteiger charge is -2.53. The highest BCUT2D eigenvalue weighted by Crippen LogP contribution is 2.49. The summed E-state index contributed by atoms with van der Waals surface area (Å²) in [7, 11) is 0. The number of ether oxygens (including phenoxy) is 1. The second kappa shape index (κ2) is 8.17. The molecule has 1 unspecified atom stereocenters. The molecule has 0 radical (unpaired) electrons. The average molecular weight is 486 g/mol. The molecule has 2 aliphatic carbocycles.